The summed E-state index contributed by atoms with van der Waals surface area (Å²) in [6, 6.07) is 0. The van der Waals surface area contributed by atoms with Gasteiger partial charge in [-0.2, -0.15) is 0 Å². The lowest BCUT2D eigenvalue weighted by Gasteiger charge is -2.40. The van der Waals surface area contributed by atoms with Crippen molar-refractivity contribution in [2.24, 2.45) is 17.3 Å². The third-order valence-electron chi connectivity index (χ3n) is 5.54. The number of carbonyl (C=O) groups is 1. The van der Waals surface area contributed by atoms with E-state index in [1.807, 2.05) is 0 Å². The van der Waals surface area contributed by atoms with Gasteiger partial charge in [0.15, 0.2) is 0 Å². The molecule has 20 heavy (non-hydrogen) atoms. The number of ether oxygens (including phenoxy) is 1. The lowest BCUT2D eigenvalue weighted by atomic mass is 9.65. The minimum absolute atomic E-state index is 0.149. The van der Waals surface area contributed by atoms with Crippen molar-refractivity contribution in [3.63, 3.8) is 0 Å². The number of carbonyl (C=O) groups excluding carboxylic acids is 1. The van der Waals surface area contributed by atoms with E-state index in [0.29, 0.717) is 23.9 Å². The molecule has 0 aromatic heterocycles. The molecule has 2 heteroatoms. The zero-order valence-electron chi connectivity index (χ0n) is 13.4. The molecule has 0 spiro atoms. The Kier molecular flexibility index (Phi) is 5.29. The van der Waals surface area contributed by atoms with E-state index in [1.165, 1.54) is 58.3 Å². The number of esters is 1. The van der Waals surface area contributed by atoms with Crippen LogP contribution in [0.2, 0.25) is 0 Å². The second-order valence-corrected chi connectivity index (χ2v) is 6.99. The number of hydrogen-bond donors (Lipinski definition) is 0. The summed E-state index contributed by atoms with van der Waals surface area (Å²) >= 11 is 0. The van der Waals surface area contributed by atoms with Crippen LogP contribution in [0.4, 0.5) is 0 Å². The van der Waals surface area contributed by atoms with Gasteiger partial charge in [-0.05, 0) is 37.0 Å². The smallest absolute Gasteiger partial charge is 0.302 e. The molecular formula is C18H30O2. The Morgan fingerprint density at radius 3 is 2.65 bits per heavy atom. The average Bonchev–Trinajstić information content (AvgIpc) is 2.45. The topological polar surface area (TPSA) is 26.3 Å². The Morgan fingerprint density at radius 1 is 1.35 bits per heavy atom. The maximum atomic E-state index is 11.1. The molecule has 114 valence electrons. The number of hydrogen-bond acceptors (Lipinski definition) is 2. The minimum atomic E-state index is -0.149. The molecule has 1 saturated carbocycles. The maximum Gasteiger partial charge on any atom is 0.302 e. The zero-order chi connectivity index (χ0) is 14.6. The van der Waals surface area contributed by atoms with Crippen molar-refractivity contribution < 1.29 is 9.53 Å². The van der Waals surface area contributed by atoms with Gasteiger partial charge in [0.05, 0.1) is 6.61 Å². The van der Waals surface area contributed by atoms with Gasteiger partial charge in [-0.15, -0.1) is 0 Å². The highest BCUT2D eigenvalue weighted by Gasteiger charge is 2.34. The van der Waals surface area contributed by atoms with Crippen LogP contribution in [-0.4, -0.2) is 12.6 Å². The summed E-state index contributed by atoms with van der Waals surface area (Å²) in [5.74, 6) is 0.973. The van der Waals surface area contributed by atoms with E-state index < -0.39 is 0 Å². The Balaban J connectivity index is 2.10. The highest BCUT2D eigenvalue weighted by Crippen LogP contribution is 2.47. The third-order valence-corrected chi connectivity index (χ3v) is 5.54. The molecule has 1 fully saturated rings. The van der Waals surface area contributed by atoms with Crippen LogP contribution in [0.1, 0.15) is 72.1 Å². The van der Waals surface area contributed by atoms with Gasteiger partial charge < -0.3 is 4.74 Å². The van der Waals surface area contributed by atoms with Crippen LogP contribution in [0, 0.1) is 17.3 Å². The van der Waals surface area contributed by atoms with Crippen molar-refractivity contribution in [3.05, 3.63) is 11.6 Å². The van der Waals surface area contributed by atoms with Crippen molar-refractivity contribution in [1.82, 2.24) is 0 Å². The molecule has 2 nitrogen and oxygen atoms in total. The highest BCUT2D eigenvalue weighted by atomic mass is 16.5. The number of allylic oxidation sites excluding steroid dienone is 1. The van der Waals surface area contributed by atoms with Crippen LogP contribution in [0.5, 0.6) is 0 Å². The van der Waals surface area contributed by atoms with Crippen molar-refractivity contribution in [2.75, 3.05) is 6.61 Å². The first kappa shape index (κ1) is 15.6. The summed E-state index contributed by atoms with van der Waals surface area (Å²) < 4.78 is 5.30. The predicted octanol–water partition coefficient (Wildman–Crippen LogP) is 4.88. The van der Waals surface area contributed by atoms with E-state index in [4.69, 9.17) is 4.74 Å². The number of rotatable bonds is 4. The van der Waals surface area contributed by atoms with Crippen LogP contribution >= 0.6 is 0 Å². The van der Waals surface area contributed by atoms with E-state index in [1.54, 1.807) is 5.57 Å². The predicted molar refractivity (Wildman–Crippen MR) is 82.4 cm³/mol. The van der Waals surface area contributed by atoms with Crippen molar-refractivity contribution in [1.29, 1.82) is 0 Å². The molecule has 0 aromatic rings. The van der Waals surface area contributed by atoms with Gasteiger partial charge in [-0.25, -0.2) is 0 Å². The molecule has 2 aliphatic rings. The molecule has 2 atom stereocenters. The van der Waals surface area contributed by atoms with E-state index in [9.17, 15) is 4.79 Å². The summed E-state index contributed by atoms with van der Waals surface area (Å²) in [6.07, 6.45) is 13.0. The summed E-state index contributed by atoms with van der Waals surface area (Å²) in [5, 5.41) is 0. The van der Waals surface area contributed by atoms with E-state index in [-0.39, 0.29) is 5.97 Å². The second kappa shape index (κ2) is 6.78. The quantitative estimate of drug-likeness (QED) is 0.541. The first-order chi connectivity index (χ1) is 9.55. The van der Waals surface area contributed by atoms with Crippen molar-refractivity contribution in [2.45, 2.75) is 72.1 Å². The fraction of sp³-hybridized carbons (Fsp3) is 0.833. The van der Waals surface area contributed by atoms with Crippen LogP contribution in [0.25, 0.3) is 0 Å². The first-order valence-electron chi connectivity index (χ1n) is 8.39. The summed E-state index contributed by atoms with van der Waals surface area (Å²) in [5.41, 5.74) is 2.07. The van der Waals surface area contributed by atoms with Gasteiger partial charge in [-0.3, -0.25) is 4.79 Å². The van der Waals surface area contributed by atoms with Crippen molar-refractivity contribution in [3.8, 4) is 0 Å². The molecule has 0 bridgehead atoms. The standard InChI is InChI=1S/C18H30O2/c1-4-15-8-9-17(12-16(15)13-20-14(2)19)18(3)10-6-5-7-11-18/h12,15-16H,4-11,13H2,1-3H3/t15-,16-/m1/s1. The third kappa shape index (κ3) is 3.65. The summed E-state index contributed by atoms with van der Waals surface area (Å²) in [4.78, 5) is 11.1. The van der Waals surface area contributed by atoms with E-state index in [0.717, 1.165) is 0 Å². The monoisotopic (exact) mass is 278 g/mol. The summed E-state index contributed by atoms with van der Waals surface area (Å²) in [7, 11) is 0. The van der Waals surface area contributed by atoms with Crippen LogP contribution in [-0.2, 0) is 9.53 Å². The SMILES string of the molecule is CC[C@@H]1CCC(C2(C)CCCCC2)=C[C@@H]1COC(C)=O. The second-order valence-electron chi connectivity index (χ2n) is 6.99. The van der Waals surface area contributed by atoms with Crippen molar-refractivity contribution >= 4 is 5.97 Å². The molecule has 0 unspecified atom stereocenters. The first-order valence-corrected chi connectivity index (χ1v) is 8.39. The van der Waals surface area contributed by atoms with Crippen LogP contribution in [0.15, 0.2) is 11.6 Å². The highest BCUT2D eigenvalue weighted by molar-refractivity contribution is 5.65. The van der Waals surface area contributed by atoms with E-state index in [2.05, 4.69) is 19.9 Å². The van der Waals surface area contributed by atoms with Gasteiger partial charge in [0, 0.05) is 12.8 Å². The molecule has 0 aliphatic heterocycles. The van der Waals surface area contributed by atoms with Crippen LogP contribution in [0.3, 0.4) is 0 Å². The normalized spacial score (nSPS) is 29.6. The molecule has 0 saturated heterocycles. The molecule has 2 aliphatic carbocycles. The Labute approximate surface area is 124 Å². The van der Waals surface area contributed by atoms with E-state index >= 15 is 0 Å². The fourth-order valence-electron chi connectivity index (χ4n) is 4.09. The van der Waals surface area contributed by atoms with Gasteiger partial charge in [-0.1, -0.05) is 51.2 Å². The Hall–Kier alpha value is -0.790. The summed E-state index contributed by atoms with van der Waals surface area (Å²) in [6.45, 7) is 6.80. The van der Waals surface area contributed by atoms with Crippen LogP contribution < -0.4 is 0 Å². The molecule has 0 N–H and O–H groups in total. The lowest BCUT2D eigenvalue weighted by molar-refractivity contribution is -0.142. The molecule has 0 heterocycles. The minimum Gasteiger partial charge on any atom is -0.465 e. The van der Waals surface area contributed by atoms with Gasteiger partial charge in [0.1, 0.15) is 0 Å². The van der Waals surface area contributed by atoms with Gasteiger partial charge in [0.2, 0.25) is 0 Å². The Morgan fingerprint density at radius 2 is 2.05 bits per heavy atom. The lowest BCUT2D eigenvalue weighted by Crippen LogP contribution is -2.30. The fourth-order valence-corrected chi connectivity index (χ4v) is 4.09. The molecule has 0 aromatic carbocycles. The molecule has 0 radical (unpaired) electrons. The maximum absolute atomic E-state index is 11.1. The average molecular weight is 278 g/mol. The molecule has 0 amide bonds. The zero-order valence-corrected chi connectivity index (χ0v) is 13.4. The largest absolute Gasteiger partial charge is 0.465 e. The van der Waals surface area contributed by atoms with Gasteiger partial charge in [0.25, 0.3) is 0 Å². The molecule has 2 rings (SSSR count). The molecular weight excluding hydrogens is 248 g/mol. The Bertz CT molecular complexity index is 364. The van der Waals surface area contributed by atoms with Gasteiger partial charge >= 0.3 is 5.97 Å².